The number of benzene rings is 1. The van der Waals surface area contributed by atoms with Gasteiger partial charge in [0.2, 0.25) is 11.8 Å². The number of halogens is 1. The van der Waals surface area contributed by atoms with E-state index in [9.17, 15) is 18.8 Å². The fourth-order valence-corrected chi connectivity index (χ4v) is 3.77. The molecule has 3 aromatic rings. The van der Waals surface area contributed by atoms with E-state index in [1.807, 2.05) is 13.8 Å². The van der Waals surface area contributed by atoms with Crippen LogP contribution in [0.15, 0.2) is 52.5 Å². The molecule has 2 aromatic heterocycles. The number of nitrogens with one attached hydrogen (secondary N) is 2. The quantitative estimate of drug-likeness (QED) is 0.470. The Morgan fingerprint density at radius 3 is 2.58 bits per heavy atom. The number of aromatic nitrogens is 1. The fraction of sp³-hybridized carbons (Fsp3) is 0.304. The molecule has 3 rings (SSSR count). The summed E-state index contributed by atoms with van der Waals surface area (Å²) in [4.78, 5) is 43.2. The van der Waals surface area contributed by atoms with Crippen molar-refractivity contribution in [2.75, 3.05) is 18.4 Å². The predicted molar refractivity (Wildman–Crippen MR) is 122 cm³/mol. The third kappa shape index (κ3) is 7.53. The van der Waals surface area contributed by atoms with Gasteiger partial charge in [-0.25, -0.2) is 9.37 Å². The molecule has 0 unspecified atom stereocenters. The van der Waals surface area contributed by atoms with Gasteiger partial charge >= 0.3 is 0 Å². The van der Waals surface area contributed by atoms with Gasteiger partial charge in [-0.3, -0.25) is 14.4 Å². The Kier molecular flexibility index (Phi) is 8.31. The van der Waals surface area contributed by atoms with Crippen molar-refractivity contribution >= 4 is 34.2 Å². The second-order valence-corrected chi connectivity index (χ2v) is 8.67. The fourth-order valence-electron chi connectivity index (χ4n) is 3.04. The summed E-state index contributed by atoms with van der Waals surface area (Å²) in [7, 11) is 0. The Balaban J connectivity index is 1.54. The molecule has 0 saturated heterocycles. The summed E-state index contributed by atoms with van der Waals surface area (Å²) in [5, 5.41) is 7.45. The summed E-state index contributed by atoms with van der Waals surface area (Å²) in [6.07, 6.45) is 1.60. The number of nitrogens with zero attached hydrogens (tertiary/aromatic N) is 2. The number of carbonyl (C=O) groups excluding carboxylic acids is 3. The predicted octanol–water partition coefficient (Wildman–Crippen LogP) is 3.47. The van der Waals surface area contributed by atoms with Gasteiger partial charge in [0.25, 0.3) is 5.91 Å². The molecule has 0 aliphatic rings. The molecule has 0 radical (unpaired) electrons. The number of thiazole rings is 1. The van der Waals surface area contributed by atoms with Crippen molar-refractivity contribution in [3.8, 4) is 0 Å². The van der Waals surface area contributed by atoms with E-state index in [2.05, 4.69) is 15.6 Å². The van der Waals surface area contributed by atoms with Crippen LogP contribution in [0.2, 0.25) is 0 Å². The molecular formula is C23H25FN4O4S. The maximum absolute atomic E-state index is 13.2. The van der Waals surface area contributed by atoms with E-state index in [-0.39, 0.29) is 37.2 Å². The summed E-state index contributed by atoms with van der Waals surface area (Å²) in [6, 6.07) is 8.72. The standard InChI is InChI=1S/C23H25FN4O4S/c1-15(2)12-28(22(31)16-5-7-17(24)8-6-16)13-21(30)27-23-26-18(14-33-23)10-20(29)25-11-19-4-3-9-32-19/h3-9,14-15H,10-13H2,1-2H3,(H,25,29)(H,26,27,30). The van der Waals surface area contributed by atoms with Crippen molar-refractivity contribution in [2.45, 2.75) is 26.8 Å². The maximum atomic E-state index is 13.2. The summed E-state index contributed by atoms with van der Waals surface area (Å²) < 4.78 is 18.3. The van der Waals surface area contributed by atoms with Crippen LogP contribution in [0.25, 0.3) is 0 Å². The lowest BCUT2D eigenvalue weighted by Gasteiger charge is -2.24. The zero-order valence-corrected chi connectivity index (χ0v) is 19.2. The zero-order valence-electron chi connectivity index (χ0n) is 18.3. The molecule has 0 atom stereocenters. The molecule has 10 heteroatoms. The molecule has 174 valence electrons. The highest BCUT2D eigenvalue weighted by Gasteiger charge is 2.21. The Hall–Kier alpha value is -3.53. The van der Waals surface area contributed by atoms with Crippen molar-refractivity contribution in [3.63, 3.8) is 0 Å². The van der Waals surface area contributed by atoms with Crippen LogP contribution in [0.5, 0.6) is 0 Å². The number of anilines is 1. The molecule has 33 heavy (non-hydrogen) atoms. The Labute approximate surface area is 194 Å². The largest absolute Gasteiger partial charge is 0.467 e. The van der Waals surface area contributed by atoms with E-state index < -0.39 is 11.7 Å². The molecular weight excluding hydrogens is 447 g/mol. The van der Waals surface area contributed by atoms with Crippen molar-refractivity contribution in [2.24, 2.45) is 5.92 Å². The molecule has 0 saturated carbocycles. The first-order chi connectivity index (χ1) is 15.8. The molecule has 3 amide bonds. The second-order valence-electron chi connectivity index (χ2n) is 7.81. The zero-order chi connectivity index (χ0) is 23.8. The van der Waals surface area contributed by atoms with E-state index in [4.69, 9.17) is 4.42 Å². The molecule has 0 aliphatic carbocycles. The molecule has 2 N–H and O–H groups in total. The Morgan fingerprint density at radius 2 is 1.91 bits per heavy atom. The Morgan fingerprint density at radius 1 is 1.15 bits per heavy atom. The topological polar surface area (TPSA) is 105 Å². The number of rotatable bonds is 10. The number of hydrogen-bond acceptors (Lipinski definition) is 6. The van der Waals surface area contributed by atoms with Gasteiger partial charge in [-0.1, -0.05) is 13.8 Å². The molecule has 8 nitrogen and oxygen atoms in total. The highest BCUT2D eigenvalue weighted by molar-refractivity contribution is 7.13. The van der Waals surface area contributed by atoms with Gasteiger partial charge in [-0.05, 0) is 42.3 Å². The van der Waals surface area contributed by atoms with Crippen LogP contribution < -0.4 is 10.6 Å². The minimum absolute atomic E-state index is 0.0651. The third-order valence-corrected chi connectivity index (χ3v) is 5.28. The molecule has 0 spiro atoms. The van der Waals surface area contributed by atoms with E-state index in [1.54, 1.807) is 17.5 Å². The first-order valence-corrected chi connectivity index (χ1v) is 11.3. The van der Waals surface area contributed by atoms with E-state index in [1.165, 1.54) is 46.8 Å². The average Bonchev–Trinajstić information content (AvgIpc) is 3.43. The van der Waals surface area contributed by atoms with Crippen LogP contribution >= 0.6 is 11.3 Å². The van der Waals surface area contributed by atoms with Gasteiger partial charge in [-0.2, -0.15) is 0 Å². The first-order valence-electron chi connectivity index (χ1n) is 10.4. The highest BCUT2D eigenvalue weighted by atomic mass is 32.1. The lowest BCUT2D eigenvalue weighted by Crippen LogP contribution is -2.40. The van der Waals surface area contributed by atoms with E-state index >= 15 is 0 Å². The third-order valence-electron chi connectivity index (χ3n) is 4.48. The molecule has 0 bridgehead atoms. The summed E-state index contributed by atoms with van der Waals surface area (Å²) in [6.45, 7) is 4.35. The lowest BCUT2D eigenvalue weighted by molar-refractivity contribution is -0.120. The van der Waals surface area contributed by atoms with Crippen molar-refractivity contribution < 1.29 is 23.2 Å². The van der Waals surface area contributed by atoms with Crippen LogP contribution in [0, 0.1) is 11.7 Å². The number of hydrogen-bond donors (Lipinski definition) is 2. The molecule has 1 aromatic carbocycles. The molecule has 2 heterocycles. The summed E-state index contributed by atoms with van der Waals surface area (Å²) in [5.74, 6) is -0.637. The minimum Gasteiger partial charge on any atom is -0.467 e. The number of carbonyl (C=O) groups is 3. The van der Waals surface area contributed by atoms with Gasteiger partial charge in [0.15, 0.2) is 5.13 Å². The number of furan rings is 1. The number of amides is 3. The SMILES string of the molecule is CC(C)CN(CC(=O)Nc1nc(CC(=O)NCc2ccco2)cs1)C(=O)c1ccc(F)cc1. The van der Waals surface area contributed by atoms with Crippen LogP contribution in [0.3, 0.4) is 0 Å². The molecule has 0 aliphatic heterocycles. The van der Waals surface area contributed by atoms with E-state index in [0.29, 0.717) is 28.7 Å². The van der Waals surface area contributed by atoms with Crippen molar-refractivity contribution in [3.05, 3.63) is 70.9 Å². The Bertz CT molecular complexity index is 1080. The smallest absolute Gasteiger partial charge is 0.254 e. The van der Waals surface area contributed by atoms with Gasteiger partial charge in [0, 0.05) is 17.5 Å². The van der Waals surface area contributed by atoms with Crippen molar-refractivity contribution in [1.29, 1.82) is 0 Å². The van der Waals surface area contributed by atoms with Crippen LogP contribution in [-0.2, 0) is 22.6 Å². The van der Waals surface area contributed by atoms with Crippen LogP contribution in [0.1, 0.15) is 35.7 Å². The van der Waals surface area contributed by atoms with Gasteiger partial charge in [-0.15, -0.1) is 11.3 Å². The van der Waals surface area contributed by atoms with Crippen LogP contribution in [0.4, 0.5) is 9.52 Å². The van der Waals surface area contributed by atoms with Crippen LogP contribution in [-0.4, -0.2) is 40.7 Å². The van der Waals surface area contributed by atoms with E-state index in [0.717, 1.165) is 0 Å². The van der Waals surface area contributed by atoms with Crippen molar-refractivity contribution in [1.82, 2.24) is 15.2 Å². The monoisotopic (exact) mass is 472 g/mol. The summed E-state index contributed by atoms with van der Waals surface area (Å²) in [5.41, 5.74) is 0.829. The van der Waals surface area contributed by atoms with Gasteiger partial charge in [0.05, 0.1) is 24.9 Å². The maximum Gasteiger partial charge on any atom is 0.254 e. The highest BCUT2D eigenvalue weighted by Crippen LogP contribution is 2.16. The average molecular weight is 473 g/mol. The lowest BCUT2D eigenvalue weighted by atomic mass is 10.1. The van der Waals surface area contributed by atoms with Gasteiger partial charge in [0.1, 0.15) is 18.1 Å². The summed E-state index contributed by atoms with van der Waals surface area (Å²) >= 11 is 1.20. The first kappa shape index (κ1) is 24.1. The molecule has 0 fully saturated rings. The van der Waals surface area contributed by atoms with Gasteiger partial charge < -0.3 is 20.0 Å². The second kappa shape index (κ2) is 11.4. The normalized spacial score (nSPS) is 10.8. The minimum atomic E-state index is -0.436.